The third-order valence-electron chi connectivity index (χ3n) is 11.0. The minimum atomic E-state index is -1.59. The standard InChI is InChI=1S/C45H86O10/c1-3-5-7-9-11-13-15-17-19-21-23-25-27-29-31-33-40(47)52-36-38(37-53-45-44(51)43(50)42(49)39(35-46)55-45)54-41(48)34-32-30-28-26-24-22-20-18-16-14-12-10-8-6-4-2/h38-39,42-46,49-51H,3-37H2,1-2H3/t38-,39+,42-,43-,44+,45+/m0/s1. The van der Waals surface area contributed by atoms with Gasteiger partial charge >= 0.3 is 11.9 Å². The van der Waals surface area contributed by atoms with Crippen LogP contribution in [-0.4, -0.2) is 89.0 Å². The van der Waals surface area contributed by atoms with Gasteiger partial charge in [0.25, 0.3) is 0 Å². The topological polar surface area (TPSA) is 152 Å². The molecule has 10 heteroatoms. The van der Waals surface area contributed by atoms with Crippen LogP contribution in [0.1, 0.15) is 219 Å². The molecule has 0 amide bonds. The molecule has 0 aromatic carbocycles. The second kappa shape index (κ2) is 37.0. The van der Waals surface area contributed by atoms with Crippen molar-refractivity contribution in [3.63, 3.8) is 0 Å². The van der Waals surface area contributed by atoms with Crippen LogP contribution in [0, 0.1) is 0 Å². The lowest BCUT2D eigenvalue weighted by atomic mass is 9.99. The Morgan fingerprint density at radius 3 is 1.24 bits per heavy atom. The fourth-order valence-electron chi connectivity index (χ4n) is 7.31. The smallest absolute Gasteiger partial charge is 0.306 e. The molecule has 1 fully saturated rings. The first-order valence-electron chi connectivity index (χ1n) is 23.1. The van der Waals surface area contributed by atoms with E-state index >= 15 is 0 Å². The highest BCUT2D eigenvalue weighted by Crippen LogP contribution is 2.23. The maximum atomic E-state index is 12.8. The molecule has 1 aliphatic rings. The highest BCUT2D eigenvalue weighted by Gasteiger charge is 2.44. The first kappa shape index (κ1) is 51.7. The number of hydrogen-bond acceptors (Lipinski definition) is 10. The summed E-state index contributed by atoms with van der Waals surface area (Å²) >= 11 is 0. The van der Waals surface area contributed by atoms with Gasteiger partial charge in [0, 0.05) is 12.8 Å². The summed E-state index contributed by atoms with van der Waals surface area (Å²) in [4.78, 5) is 25.3. The number of aliphatic hydroxyl groups is 4. The summed E-state index contributed by atoms with van der Waals surface area (Å²) in [6.07, 6.45) is 29.6. The van der Waals surface area contributed by atoms with Gasteiger partial charge in [-0.05, 0) is 12.8 Å². The summed E-state index contributed by atoms with van der Waals surface area (Å²) in [5.74, 6) is -0.790. The predicted octanol–water partition coefficient (Wildman–Crippen LogP) is 9.78. The fourth-order valence-corrected chi connectivity index (χ4v) is 7.31. The molecule has 0 unspecified atom stereocenters. The molecule has 1 aliphatic heterocycles. The zero-order valence-electron chi connectivity index (χ0n) is 35.5. The van der Waals surface area contributed by atoms with Crippen molar-refractivity contribution in [2.75, 3.05) is 19.8 Å². The molecule has 1 rings (SSSR count). The molecule has 326 valence electrons. The van der Waals surface area contributed by atoms with Gasteiger partial charge in [-0.1, -0.05) is 194 Å². The Balaban J connectivity index is 2.30. The molecule has 0 radical (unpaired) electrons. The average Bonchev–Trinajstić information content (AvgIpc) is 3.18. The number of carbonyl (C=O) groups excluding carboxylic acids is 2. The van der Waals surface area contributed by atoms with Gasteiger partial charge in [-0.25, -0.2) is 0 Å². The van der Waals surface area contributed by atoms with Crippen molar-refractivity contribution in [2.24, 2.45) is 0 Å². The largest absolute Gasteiger partial charge is 0.462 e. The summed E-state index contributed by atoms with van der Waals surface area (Å²) in [5.41, 5.74) is 0. The van der Waals surface area contributed by atoms with E-state index in [1.54, 1.807) is 0 Å². The number of unbranched alkanes of at least 4 members (excludes halogenated alkanes) is 28. The molecule has 0 saturated carbocycles. The van der Waals surface area contributed by atoms with Gasteiger partial charge in [0.05, 0.1) is 13.2 Å². The maximum absolute atomic E-state index is 12.8. The van der Waals surface area contributed by atoms with Crippen LogP contribution in [0.15, 0.2) is 0 Å². The van der Waals surface area contributed by atoms with Crippen molar-refractivity contribution in [3.8, 4) is 0 Å². The summed E-state index contributed by atoms with van der Waals surface area (Å²) in [5, 5.41) is 40.1. The zero-order valence-corrected chi connectivity index (χ0v) is 35.5. The molecule has 0 aromatic rings. The van der Waals surface area contributed by atoms with Gasteiger partial charge in [0.2, 0.25) is 0 Å². The maximum Gasteiger partial charge on any atom is 0.306 e. The molecule has 0 aromatic heterocycles. The zero-order chi connectivity index (χ0) is 40.2. The van der Waals surface area contributed by atoms with Crippen LogP contribution in [0.25, 0.3) is 0 Å². The molecular formula is C45H86O10. The molecule has 0 spiro atoms. The molecule has 10 nitrogen and oxygen atoms in total. The van der Waals surface area contributed by atoms with E-state index in [1.807, 2.05) is 0 Å². The molecule has 1 saturated heterocycles. The first-order chi connectivity index (χ1) is 26.8. The van der Waals surface area contributed by atoms with Gasteiger partial charge in [0.1, 0.15) is 31.0 Å². The third-order valence-corrected chi connectivity index (χ3v) is 11.0. The van der Waals surface area contributed by atoms with Gasteiger partial charge in [0.15, 0.2) is 12.4 Å². The van der Waals surface area contributed by atoms with Crippen LogP contribution in [0.5, 0.6) is 0 Å². The monoisotopic (exact) mass is 787 g/mol. The lowest BCUT2D eigenvalue weighted by Crippen LogP contribution is -2.59. The predicted molar refractivity (Wildman–Crippen MR) is 220 cm³/mol. The highest BCUT2D eigenvalue weighted by molar-refractivity contribution is 5.70. The van der Waals surface area contributed by atoms with E-state index in [4.69, 9.17) is 18.9 Å². The number of ether oxygens (including phenoxy) is 4. The molecule has 6 atom stereocenters. The SMILES string of the molecule is CCCCCCCCCCCCCCCCCC(=O)OC[C@@H](CO[C@@H]1O[C@H](CO)[C@H](O)[C@H](O)[C@H]1O)OC(=O)CCCCCCCCCCCCCCCCC. The van der Waals surface area contributed by atoms with E-state index < -0.39 is 49.4 Å². The molecule has 0 bridgehead atoms. The minimum Gasteiger partial charge on any atom is -0.462 e. The Bertz CT molecular complexity index is 871. The normalized spacial score (nSPS) is 20.4. The number of hydrogen-bond donors (Lipinski definition) is 4. The van der Waals surface area contributed by atoms with Crippen LogP contribution >= 0.6 is 0 Å². The number of aliphatic hydroxyl groups excluding tert-OH is 4. The summed E-state index contributed by atoms with van der Waals surface area (Å²) in [6, 6.07) is 0. The van der Waals surface area contributed by atoms with Crippen LogP contribution in [0.2, 0.25) is 0 Å². The second-order valence-electron chi connectivity index (χ2n) is 16.2. The fraction of sp³-hybridized carbons (Fsp3) is 0.956. The Labute approximate surface area is 336 Å². The molecule has 1 heterocycles. The lowest BCUT2D eigenvalue weighted by Gasteiger charge is -2.39. The van der Waals surface area contributed by atoms with E-state index in [-0.39, 0.29) is 32.0 Å². The summed E-state index contributed by atoms with van der Waals surface area (Å²) in [7, 11) is 0. The van der Waals surface area contributed by atoms with Crippen molar-refractivity contribution >= 4 is 11.9 Å². The van der Waals surface area contributed by atoms with E-state index in [1.165, 1.54) is 148 Å². The van der Waals surface area contributed by atoms with Crippen molar-refractivity contribution in [2.45, 2.75) is 256 Å². The second-order valence-corrected chi connectivity index (χ2v) is 16.2. The van der Waals surface area contributed by atoms with Crippen molar-refractivity contribution < 1.29 is 49.0 Å². The lowest BCUT2D eigenvalue weighted by molar-refractivity contribution is -0.305. The summed E-state index contributed by atoms with van der Waals surface area (Å²) in [6.45, 7) is 3.46. The van der Waals surface area contributed by atoms with Crippen LogP contribution < -0.4 is 0 Å². The van der Waals surface area contributed by atoms with E-state index in [0.29, 0.717) is 6.42 Å². The van der Waals surface area contributed by atoms with Crippen LogP contribution in [0.3, 0.4) is 0 Å². The molecule has 0 aliphatic carbocycles. The van der Waals surface area contributed by atoms with Gasteiger partial charge < -0.3 is 39.4 Å². The van der Waals surface area contributed by atoms with Gasteiger partial charge in [-0.3, -0.25) is 9.59 Å². The Morgan fingerprint density at radius 1 is 0.491 bits per heavy atom. The van der Waals surface area contributed by atoms with Crippen molar-refractivity contribution in [1.29, 1.82) is 0 Å². The quantitative estimate of drug-likeness (QED) is 0.0350. The Morgan fingerprint density at radius 2 is 0.855 bits per heavy atom. The molecular weight excluding hydrogens is 700 g/mol. The summed E-state index contributed by atoms with van der Waals surface area (Å²) < 4.78 is 22.2. The minimum absolute atomic E-state index is 0.209. The Hall–Kier alpha value is -1.30. The number of rotatable bonds is 39. The highest BCUT2D eigenvalue weighted by atomic mass is 16.7. The first-order valence-corrected chi connectivity index (χ1v) is 23.1. The van der Waals surface area contributed by atoms with Gasteiger partial charge in [-0.2, -0.15) is 0 Å². The van der Waals surface area contributed by atoms with E-state index in [2.05, 4.69) is 13.8 Å². The average molecular weight is 787 g/mol. The third kappa shape index (κ3) is 28.7. The van der Waals surface area contributed by atoms with E-state index in [0.717, 1.165) is 38.5 Å². The molecule has 4 N–H and O–H groups in total. The van der Waals surface area contributed by atoms with Crippen molar-refractivity contribution in [3.05, 3.63) is 0 Å². The Kier molecular flexibility index (Phi) is 34.8. The van der Waals surface area contributed by atoms with Crippen LogP contribution in [-0.2, 0) is 28.5 Å². The molecule has 55 heavy (non-hydrogen) atoms. The number of esters is 2. The van der Waals surface area contributed by atoms with Crippen LogP contribution in [0.4, 0.5) is 0 Å². The van der Waals surface area contributed by atoms with Crippen molar-refractivity contribution in [1.82, 2.24) is 0 Å². The van der Waals surface area contributed by atoms with E-state index in [9.17, 15) is 30.0 Å². The number of carbonyl (C=O) groups is 2. The van der Waals surface area contributed by atoms with Gasteiger partial charge in [-0.15, -0.1) is 0 Å².